The molecule has 1 aromatic carbocycles. The van der Waals surface area contributed by atoms with Crippen molar-refractivity contribution in [1.29, 1.82) is 0 Å². The lowest BCUT2D eigenvalue weighted by atomic mass is 10.0. The van der Waals surface area contributed by atoms with Crippen LogP contribution in [0.1, 0.15) is 29.8 Å². The predicted octanol–water partition coefficient (Wildman–Crippen LogP) is 1.71. The number of nitrogens with zero attached hydrogens (tertiary/aromatic N) is 1. The molecule has 1 aromatic rings. The standard InChI is InChI=1S/C18H29N3O2.ClH/c1-18(2,21-10-12-23-13-11-21)14-20-17(22)16-7-5-4-6-15(16)8-9-19-3;/h4-7,19H,8-14H2,1-3H3,(H,20,22);1H. The van der Waals surface area contributed by atoms with E-state index < -0.39 is 0 Å². The van der Waals surface area contributed by atoms with Gasteiger partial charge in [0.05, 0.1) is 13.2 Å². The van der Waals surface area contributed by atoms with E-state index in [1.54, 1.807) is 0 Å². The topological polar surface area (TPSA) is 53.6 Å². The number of morpholine rings is 1. The van der Waals surface area contributed by atoms with Crippen LogP contribution in [0.4, 0.5) is 0 Å². The lowest BCUT2D eigenvalue weighted by molar-refractivity contribution is -0.00923. The summed E-state index contributed by atoms with van der Waals surface area (Å²) in [5.41, 5.74) is 1.79. The highest BCUT2D eigenvalue weighted by atomic mass is 35.5. The van der Waals surface area contributed by atoms with Crippen LogP contribution in [0, 0.1) is 0 Å². The molecule has 1 heterocycles. The van der Waals surface area contributed by atoms with Crippen molar-refractivity contribution in [2.24, 2.45) is 0 Å². The third-order valence-corrected chi connectivity index (χ3v) is 4.46. The zero-order valence-electron chi connectivity index (χ0n) is 14.9. The Bertz CT molecular complexity index is 517. The van der Waals surface area contributed by atoms with Crippen molar-refractivity contribution in [2.75, 3.05) is 46.4 Å². The number of carbonyl (C=O) groups is 1. The van der Waals surface area contributed by atoms with E-state index in [0.29, 0.717) is 6.54 Å². The molecule has 0 aliphatic carbocycles. The van der Waals surface area contributed by atoms with Crippen LogP contribution in [-0.2, 0) is 11.2 Å². The molecule has 0 bridgehead atoms. The van der Waals surface area contributed by atoms with Crippen LogP contribution in [0.3, 0.4) is 0 Å². The second-order valence-corrected chi connectivity index (χ2v) is 6.61. The fraction of sp³-hybridized carbons (Fsp3) is 0.611. The lowest BCUT2D eigenvalue weighted by Gasteiger charge is -2.40. The molecule has 1 amide bonds. The first kappa shape index (κ1) is 20.9. The van der Waals surface area contributed by atoms with Crippen molar-refractivity contribution in [3.8, 4) is 0 Å². The molecule has 1 saturated heterocycles. The third kappa shape index (κ3) is 5.74. The minimum Gasteiger partial charge on any atom is -0.379 e. The van der Waals surface area contributed by atoms with Crippen molar-refractivity contribution >= 4 is 18.3 Å². The molecular formula is C18H30ClN3O2. The smallest absolute Gasteiger partial charge is 0.251 e. The molecule has 2 rings (SSSR count). The first-order valence-electron chi connectivity index (χ1n) is 8.38. The second-order valence-electron chi connectivity index (χ2n) is 6.61. The van der Waals surface area contributed by atoms with Crippen molar-refractivity contribution < 1.29 is 9.53 Å². The lowest BCUT2D eigenvalue weighted by Crippen LogP contribution is -2.55. The summed E-state index contributed by atoms with van der Waals surface area (Å²) in [6.07, 6.45) is 0.854. The highest BCUT2D eigenvalue weighted by Gasteiger charge is 2.28. The Morgan fingerprint density at radius 3 is 2.58 bits per heavy atom. The number of benzene rings is 1. The van der Waals surface area contributed by atoms with Crippen molar-refractivity contribution in [2.45, 2.75) is 25.8 Å². The maximum absolute atomic E-state index is 12.6. The first-order chi connectivity index (χ1) is 11.0. The highest BCUT2D eigenvalue weighted by Crippen LogP contribution is 2.16. The van der Waals surface area contributed by atoms with Gasteiger partial charge in [-0.05, 0) is 45.5 Å². The molecule has 0 atom stereocenters. The molecule has 0 radical (unpaired) electrons. The third-order valence-electron chi connectivity index (χ3n) is 4.46. The molecule has 136 valence electrons. The number of hydrogen-bond donors (Lipinski definition) is 2. The number of nitrogens with one attached hydrogen (secondary N) is 2. The Hall–Kier alpha value is -1.14. The largest absolute Gasteiger partial charge is 0.379 e. The van der Waals surface area contributed by atoms with E-state index in [9.17, 15) is 4.79 Å². The van der Waals surface area contributed by atoms with Gasteiger partial charge in [-0.2, -0.15) is 0 Å². The van der Waals surface area contributed by atoms with Crippen LogP contribution >= 0.6 is 12.4 Å². The van der Waals surface area contributed by atoms with Gasteiger partial charge < -0.3 is 15.4 Å². The maximum Gasteiger partial charge on any atom is 0.251 e. The predicted molar refractivity (Wildman–Crippen MR) is 100 cm³/mol. The van der Waals surface area contributed by atoms with E-state index in [0.717, 1.165) is 50.4 Å². The second kappa shape index (κ2) is 9.99. The average molecular weight is 356 g/mol. The number of amides is 1. The molecule has 5 nitrogen and oxygen atoms in total. The van der Waals surface area contributed by atoms with Crippen LogP contribution in [0.25, 0.3) is 0 Å². The molecule has 1 fully saturated rings. The van der Waals surface area contributed by atoms with Gasteiger partial charge in [-0.25, -0.2) is 0 Å². The summed E-state index contributed by atoms with van der Waals surface area (Å²) in [4.78, 5) is 15.0. The summed E-state index contributed by atoms with van der Waals surface area (Å²) in [6, 6.07) is 7.84. The Kier molecular flexibility index (Phi) is 8.70. The number of halogens is 1. The Morgan fingerprint density at radius 1 is 1.25 bits per heavy atom. The number of carbonyl (C=O) groups excluding carboxylic acids is 1. The van der Waals surface area contributed by atoms with Crippen molar-refractivity contribution in [1.82, 2.24) is 15.5 Å². The number of rotatable bonds is 7. The monoisotopic (exact) mass is 355 g/mol. The summed E-state index contributed by atoms with van der Waals surface area (Å²) in [6.45, 7) is 9.21. The van der Waals surface area contributed by atoms with Crippen LogP contribution in [0.5, 0.6) is 0 Å². The zero-order valence-corrected chi connectivity index (χ0v) is 15.7. The van der Waals surface area contributed by atoms with E-state index >= 15 is 0 Å². The molecule has 0 unspecified atom stereocenters. The molecule has 24 heavy (non-hydrogen) atoms. The summed E-state index contributed by atoms with van der Waals surface area (Å²) in [5.74, 6) is 0.0121. The molecule has 2 N–H and O–H groups in total. The maximum atomic E-state index is 12.6. The fourth-order valence-electron chi connectivity index (χ4n) is 2.89. The Labute approximate surface area is 151 Å². The molecule has 1 aliphatic rings. The van der Waals surface area contributed by atoms with Gasteiger partial charge in [0.1, 0.15) is 0 Å². The highest BCUT2D eigenvalue weighted by molar-refractivity contribution is 5.95. The average Bonchev–Trinajstić information content (AvgIpc) is 2.59. The fourth-order valence-corrected chi connectivity index (χ4v) is 2.89. The number of likely N-dealkylation sites (N-methyl/N-ethyl adjacent to an activating group) is 1. The van der Waals surface area contributed by atoms with Gasteiger partial charge in [-0.1, -0.05) is 18.2 Å². The van der Waals surface area contributed by atoms with E-state index in [1.807, 2.05) is 31.3 Å². The van der Waals surface area contributed by atoms with E-state index in [4.69, 9.17) is 4.74 Å². The first-order valence-corrected chi connectivity index (χ1v) is 8.38. The molecule has 0 aromatic heterocycles. The Balaban J connectivity index is 0.00000288. The normalized spacial score (nSPS) is 15.6. The van der Waals surface area contributed by atoms with Crippen molar-refractivity contribution in [3.05, 3.63) is 35.4 Å². The van der Waals surface area contributed by atoms with Gasteiger partial charge in [0, 0.05) is 30.7 Å². The summed E-state index contributed by atoms with van der Waals surface area (Å²) in [5, 5.41) is 6.24. The van der Waals surface area contributed by atoms with E-state index in [-0.39, 0.29) is 23.9 Å². The van der Waals surface area contributed by atoms with Crippen LogP contribution in [0.15, 0.2) is 24.3 Å². The zero-order chi connectivity index (χ0) is 16.7. The minimum atomic E-state index is -0.0701. The van der Waals surface area contributed by atoms with Gasteiger partial charge in [0.25, 0.3) is 5.91 Å². The van der Waals surface area contributed by atoms with E-state index in [1.165, 1.54) is 0 Å². The van der Waals surface area contributed by atoms with Gasteiger partial charge in [-0.3, -0.25) is 9.69 Å². The van der Waals surface area contributed by atoms with Crippen molar-refractivity contribution in [3.63, 3.8) is 0 Å². The number of ether oxygens (including phenoxy) is 1. The molecule has 6 heteroatoms. The Morgan fingerprint density at radius 2 is 1.92 bits per heavy atom. The van der Waals surface area contributed by atoms with Crippen LogP contribution in [-0.4, -0.2) is 62.8 Å². The molecule has 1 aliphatic heterocycles. The van der Waals surface area contributed by atoms with Gasteiger partial charge >= 0.3 is 0 Å². The van der Waals surface area contributed by atoms with Crippen LogP contribution < -0.4 is 10.6 Å². The van der Waals surface area contributed by atoms with E-state index in [2.05, 4.69) is 29.4 Å². The van der Waals surface area contributed by atoms with Gasteiger partial charge in [0.2, 0.25) is 0 Å². The number of hydrogen-bond acceptors (Lipinski definition) is 4. The summed E-state index contributed by atoms with van der Waals surface area (Å²) < 4.78 is 5.41. The minimum absolute atomic E-state index is 0. The summed E-state index contributed by atoms with van der Waals surface area (Å²) in [7, 11) is 1.92. The molecule has 0 spiro atoms. The molecule has 0 saturated carbocycles. The van der Waals surface area contributed by atoms with Gasteiger partial charge in [-0.15, -0.1) is 12.4 Å². The van der Waals surface area contributed by atoms with Gasteiger partial charge in [0.15, 0.2) is 0 Å². The SMILES string of the molecule is CNCCc1ccccc1C(=O)NCC(C)(C)N1CCOCC1.Cl. The van der Waals surface area contributed by atoms with Crippen LogP contribution in [0.2, 0.25) is 0 Å². The summed E-state index contributed by atoms with van der Waals surface area (Å²) >= 11 is 0. The quantitative estimate of drug-likeness (QED) is 0.782. The molecular weight excluding hydrogens is 326 g/mol.